The van der Waals surface area contributed by atoms with E-state index >= 15 is 0 Å². The summed E-state index contributed by atoms with van der Waals surface area (Å²) in [5, 5.41) is 15.3. The van der Waals surface area contributed by atoms with Crippen molar-refractivity contribution >= 4 is 14.0 Å². The van der Waals surface area contributed by atoms with E-state index < -0.39 is 14.4 Å². The second-order valence-corrected chi connectivity index (χ2v) is 12.2. The Labute approximate surface area is 146 Å². The molecule has 4 heteroatoms. The average molecular weight is 342 g/mol. The number of aliphatic hydroxyl groups excluding tert-OH is 1. The van der Waals surface area contributed by atoms with Crippen LogP contribution in [0.25, 0.3) is 0 Å². The van der Waals surface area contributed by atoms with Gasteiger partial charge in [0.25, 0.3) is 8.32 Å². The zero-order chi connectivity index (χ0) is 17.8. The predicted octanol–water partition coefficient (Wildman–Crippen LogP) is 5.15. The minimum absolute atomic E-state index is 0.0516. The minimum Gasteiger partial charge on any atom is -0.455 e. The van der Waals surface area contributed by atoms with Crippen LogP contribution in [-0.4, -0.2) is 19.1 Å². The van der Waals surface area contributed by atoms with E-state index in [4.69, 9.17) is 4.53 Å². The molecule has 0 aliphatic carbocycles. The fourth-order valence-electron chi connectivity index (χ4n) is 1.96. The van der Waals surface area contributed by atoms with Gasteiger partial charge in [-0.1, -0.05) is 81.4 Å². The van der Waals surface area contributed by atoms with Crippen molar-refractivity contribution in [2.45, 2.75) is 45.0 Å². The molecule has 2 rings (SSSR count). The summed E-state index contributed by atoms with van der Waals surface area (Å²) in [5.41, 5.74) is 2.22. The van der Waals surface area contributed by atoms with Gasteiger partial charge in [0.05, 0.1) is 0 Å². The highest BCUT2D eigenvalue weighted by molar-refractivity contribution is 6.74. The van der Waals surface area contributed by atoms with Crippen molar-refractivity contribution in [3.05, 3.63) is 71.8 Å². The van der Waals surface area contributed by atoms with E-state index in [1.165, 1.54) is 0 Å². The molecule has 0 bridgehead atoms. The van der Waals surface area contributed by atoms with Crippen molar-refractivity contribution < 1.29 is 9.63 Å². The maximum atomic E-state index is 10.8. The Morgan fingerprint density at radius 3 is 1.96 bits per heavy atom. The highest BCUT2D eigenvalue weighted by atomic mass is 28.4. The van der Waals surface area contributed by atoms with Crippen LogP contribution in [0.4, 0.5) is 0 Å². The standard InChI is InChI=1S/C20H27NO2Si/c1-20(2,3)24(4,5)23-21-18(16-12-8-6-9-13-16)19(22)17-14-10-7-11-15-17/h6-15,19,22H,1-5H3. The van der Waals surface area contributed by atoms with Crippen LogP contribution in [0.3, 0.4) is 0 Å². The molecule has 128 valence electrons. The van der Waals surface area contributed by atoms with Crippen molar-refractivity contribution in [2.24, 2.45) is 5.16 Å². The van der Waals surface area contributed by atoms with Crippen LogP contribution in [0.1, 0.15) is 38.0 Å². The van der Waals surface area contributed by atoms with E-state index in [0.29, 0.717) is 5.71 Å². The van der Waals surface area contributed by atoms with Crippen molar-refractivity contribution in [2.75, 3.05) is 0 Å². The minimum atomic E-state index is -2.05. The molecule has 1 unspecified atom stereocenters. The van der Waals surface area contributed by atoms with Crippen LogP contribution < -0.4 is 0 Å². The van der Waals surface area contributed by atoms with E-state index in [1.807, 2.05) is 60.7 Å². The summed E-state index contributed by atoms with van der Waals surface area (Å²) in [7, 11) is -2.05. The molecule has 1 atom stereocenters. The van der Waals surface area contributed by atoms with Gasteiger partial charge in [0.1, 0.15) is 11.8 Å². The summed E-state index contributed by atoms with van der Waals surface area (Å²) in [4.78, 5) is 0. The summed E-state index contributed by atoms with van der Waals surface area (Å²) >= 11 is 0. The molecule has 0 aliphatic heterocycles. The van der Waals surface area contributed by atoms with Gasteiger partial charge in [-0.25, -0.2) is 0 Å². The Hall–Kier alpha value is -1.91. The number of aliphatic hydroxyl groups is 1. The average Bonchev–Trinajstić information content (AvgIpc) is 2.55. The van der Waals surface area contributed by atoms with Gasteiger partial charge in [-0.2, -0.15) is 0 Å². The predicted molar refractivity (Wildman–Crippen MR) is 103 cm³/mol. The van der Waals surface area contributed by atoms with Crippen molar-refractivity contribution in [3.63, 3.8) is 0 Å². The summed E-state index contributed by atoms with van der Waals surface area (Å²) in [6.45, 7) is 10.8. The maximum Gasteiger partial charge on any atom is 0.286 e. The second-order valence-electron chi connectivity index (χ2n) is 7.51. The van der Waals surface area contributed by atoms with Gasteiger partial charge in [-0.05, 0) is 23.7 Å². The summed E-state index contributed by atoms with van der Waals surface area (Å²) in [6, 6.07) is 19.3. The fourth-order valence-corrected chi connectivity index (χ4v) is 2.56. The first-order valence-electron chi connectivity index (χ1n) is 8.27. The molecule has 2 aromatic carbocycles. The van der Waals surface area contributed by atoms with E-state index in [2.05, 4.69) is 39.0 Å². The zero-order valence-corrected chi connectivity index (χ0v) is 16.2. The third-order valence-corrected chi connectivity index (χ3v) is 8.78. The lowest BCUT2D eigenvalue weighted by molar-refractivity contribution is 0.235. The Morgan fingerprint density at radius 2 is 1.46 bits per heavy atom. The SMILES string of the molecule is CC(C)(C)[Si](C)(C)ON=C(c1ccccc1)C(O)c1ccccc1. The van der Waals surface area contributed by atoms with Gasteiger partial charge in [-0.3, -0.25) is 0 Å². The van der Waals surface area contributed by atoms with Crippen molar-refractivity contribution in [1.29, 1.82) is 0 Å². The lowest BCUT2D eigenvalue weighted by Gasteiger charge is -2.33. The molecule has 0 aliphatic rings. The quantitative estimate of drug-likeness (QED) is 0.464. The molecule has 0 fully saturated rings. The van der Waals surface area contributed by atoms with Gasteiger partial charge in [0.2, 0.25) is 0 Å². The molecular weight excluding hydrogens is 314 g/mol. The topological polar surface area (TPSA) is 41.8 Å². The molecule has 0 radical (unpaired) electrons. The Morgan fingerprint density at radius 1 is 0.958 bits per heavy atom. The first-order valence-corrected chi connectivity index (χ1v) is 11.2. The van der Waals surface area contributed by atoms with Crippen LogP contribution in [0.15, 0.2) is 65.8 Å². The van der Waals surface area contributed by atoms with E-state index in [0.717, 1.165) is 11.1 Å². The van der Waals surface area contributed by atoms with E-state index in [-0.39, 0.29) is 5.04 Å². The smallest absolute Gasteiger partial charge is 0.286 e. The number of hydrogen-bond acceptors (Lipinski definition) is 3. The van der Waals surface area contributed by atoms with Gasteiger partial charge in [0.15, 0.2) is 0 Å². The number of hydrogen-bond donors (Lipinski definition) is 1. The largest absolute Gasteiger partial charge is 0.455 e. The van der Waals surface area contributed by atoms with E-state index in [1.54, 1.807) is 0 Å². The molecule has 2 aromatic rings. The number of benzene rings is 2. The third-order valence-electron chi connectivity index (χ3n) is 4.62. The summed E-state index contributed by atoms with van der Waals surface area (Å²) in [5.74, 6) is 0. The molecule has 0 saturated carbocycles. The molecular formula is C20H27NO2Si. The van der Waals surface area contributed by atoms with Crippen LogP contribution in [0.2, 0.25) is 18.1 Å². The summed E-state index contributed by atoms with van der Waals surface area (Å²) < 4.78 is 6.02. The van der Waals surface area contributed by atoms with Crippen LogP contribution in [-0.2, 0) is 4.53 Å². The fraction of sp³-hybridized carbons (Fsp3) is 0.350. The van der Waals surface area contributed by atoms with Crippen LogP contribution >= 0.6 is 0 Å². The molecule has 0 spiro atoms. The Kier molecular flexibility index (Phi) is 5.62. The Balaban J connectivity index is 2.39. The normalized spacial score (nSPS) is 14.3. The number of oxime groups is 1. The molecule has 0 saturated heterocycles. The van der Waals surface area contributed by atoms with Gasteiger partial charge < -0.3 is 9.63 Å². The van der Waals surface area contributed by atoms with Gasteiger partial charge in [-0.15, -0.1) is 5.16 Å². The Bertz CT molecular complexity index is 676. The molecule has 0 heterocycles. The third kappa shape index (κ3) is 4.33. The first kappa shape index (κ1) is 18.4. The molecule has 0 aromatic heterocycles. The first-order chi connectivity index (χ1) is 11.2. The number of nitrogens with zero attached hydrogens (tertiary/aromatic N) is 1. The monoisotopic (exact) mass is 341 g/mol. The van der Waals surface area contributed by atoms with Gasteiger partial charge in [0, 0.05) is 5.56 Å². The molecule has 0 amide bonds. The highest BCUT2D eigenvalue weighted by Gasteiger charge is 2.40. The number of rotatable bonds is 5. The summed E-state index contributed by atoms with van der Waals surface area (Å²) in [6.07, 6.45) is -0.821. The lowest BCUT2D eigenvalue weighted by atomic mass is 9.99. The van der Waals surface area contributed by atoms with Crippen molar-refractivity contribution in [1.82, 2.24) is 0 Å². The molecule has 3 nitrogen and oxygen atoms in total. The highest BCUT2D eigenvalue weighted by Crippen LogP contribution is 2.37. The van der Waals surface area contributed by atoms with Crippen LogP contribution in [0.5, 0.6) is 0 Å². The van der Waals surface area contributed by atoms with Gasteiger partial charge >= 0.3 is 0 Å². The maximum absolute atomic E-state index is 10.8. The molecule has 1 N–H and O–H groups in total. The van der Waals surface area contributed by atoms with Crippen molar-refractivity contribution in [3.8, 4) is 0 Å². The van der Waals surface area contributed by atoms with Crippen LogP contribution in [0, 0.1) is 0 Å². The van der Waals surface area contributed by atoms with E-state index in [9.17, 15) is 5.11 Å². The molecule has 24 heavy (non-hydrogen) atoms. The lowest BCUT2D eigenvalue weighted by Crippen LogP contribution is -2.39. The second kappa shape index (κ2) is 7.32. The zero-order valence-electron chi connectivity index (χ0n) is 15.2.